The third kappa shape index (κ3) is 4.52. The minimum absolute atomic E-state index is 0.240. The van der Waals surface area contributed by atoms with Crippen LogP contribution in [-0.4, -0.2) is 48.8 Å². The summed E-state index contributed by atoms with van der Waals surface area (Å²) in [6.07, 6.45) is 1.58. The van der Waals surface area contributed by atoms with Crippen LogP contribution in [0.1, 0.15) is 48.0 Å². The fourth-order valence-electron chi connectivity index (χ4n) is 2.50. The van der Waals surface area contributed by atoms with Crippen LogP contribution in [0.2, 0.25) is 0 Å². The quantitative estimate of drug-likeness (QED) is 0.790. The SMILES string of the molecule is CCC(C)C1CN(CCOC(C)C)C(C)(C)CN1. The van der Waals surface area contributed by atoms with E-state index in [2.05, 4.69) is 51.8 Å². The normalized spacial score (nSPS) is 26.5. The number of rotatable bonds is 6. The Bertz CT molecular complexity index is 241. The molecule has 0 radical (unpaired) electrons. The molecule has 2 unspecified atom stereocenters. The summed E-state index contributed by atoms with van der Waals surface area (Å²) < 4.78 is 5.70. The first-order valence-corrected chi connectivity index (χ1v) is 7.47. The lowest BCUT2D eigenvalue weighted by Gasteiger charge is -2.47. The second-order valence-corrected chi connectivity index (χ2v) is 6.55. The number of hydrogen-bond acceptors (Lipinski definition) is 3. The van der Waals surface area contributed by atoms with E-state index in [0.717, 1.165) is 32.2 Å². The van der Waals surface area contributed by atoms with Crippen molar-refractivity contribution < 1.29 is 4.74 Å². The first-order valence-electron chi connectivity index (χ1n) is 7.47. The summed E-state index contributed by atoms with van der Waals surface area (Å²) in [5.41, 5.74) is 0.240. The summed E-state index contributed by atoms with van der Waals surface area (Å²) >= 11 is 0. The van der Waals surface area contributed by atoms with Gasteiger partial charge in [-0.25, -0.2) is 0 Å². The molecule has 1 aliphatic rings. The highest BCUT2D eigenvalue weighted by Crippen LogP contribution is 2.22. The molecule has 2 atom stereocenters. The average Bonchev–Trinajstić information content (AvgIpc) is 2.29. The maximum absolute atomic E-state index is 5.70. The van der Waals surface area contributed by atoms with Crippen LogP contribution in [0, 0.1) is 5.92 Å². The van der Waals surface area contributed by atoms with E-state index in [0.29, 0.717) is 12.1 Å². The van der Waals surface area contributed by atoms with E-state index in [4.69, 9.17) is 4.74 Å². The number of nitrogens with one attached hydrogen (secondary N) is 1. The number of ether oxygens (including phenoxy) is 1. The van der Waals surface area contributed by atoms with Gasteiger partial charge in [0.15, 0.2) is 0 Å². The highest BCUT2D eigenvalue weighted by Gasteiger charge is 2.34. The highest BCUT2D eigenvalue weighted by atomic mass is 16.5. The van der Waals surface area contributed by atoms with Gasteiger partial charge in [0.1, 0.15) is 0 Å². The van der Waals surface area contributed by atoms with Crippen LogP contribution < -0.4 is 5.32 Å². The molecule has 108 valence electrons. The van der Waals surface area contributed by atoms with Crippen LogP contribution in [0.25, 0.3) is 0 Å². The maximum Gasteiger partial charge on any atom is 0.0597 e. The summed E-state index contributed by atoms with van der Waals surface area (Å²) in [4.78, 5) is 2.59. The zero-order valence-corrected chi connectivity index (χ0v) is 13.1. The zero-order valence-electron chi connectivity index (χ0n) is 13.1. The van der Waals surface area contributed by atoms with Crippen LogP contribution in [0.15, 0.2) is 0 Å². The van der Waals surface area contributed by atoms with E-state index in [-0.39, 0.29) is 5.54 Å². The van der Waals surface area contributed by atoms with Gasteiger partial charge < -0.3 is 10.1 Å². The fraction of sp³-hybridized carbons (Fsp3) is 1.00. The standard InChI is InChI=1S/C15H32N2O/c1-7-13(4)14-10-17(8-9-18-12(2)3)15(5,6)11-16-14/h12-14,16H,7-11H2,1-6H3. The summed E-state index contributed by atoms with van der Waals surface area (Å²) in [6, 6.07) is 0.627. The molecular formula is C15H32N2O. The second-order valence-electron chi connectivity index (χ2n) is 6.55. The van der Waals surface area contributed by atoms with Crippen molar-refractivity contribution in [1.29, 1.82) is 0 Å². The predicted molar refractivity (Wildman–Crippen MR) is 78.0 cm³/mol. The molecule has 0 aliphatic carbocycles. The molecule has 1 saturated heterocycles. The van der Waals surface area contributed by atoms with Gasteiger partial charge in [-0.3, -0.25) is 4.90 Å². The van der Waals surface area contributed by atoms with Gasteiger partial charge in [0.2, 0.25) is 0 Å². The molecule has 1 rings (SSSR count). The summed E-state index contributed by atoms with van der Waals surface area (Å²) in [5.74, 6) is 0.745. The Hall–Kier alpha value is -0.120. The molecular weight excluding hydrogens is 224 g/mol. The Kier molecular flexibility index (Phi) is 6.09. The van der Waals surface area contributed by atoms with E-state index >= 15 is 0 Å². The monoisotopic (exact) mass is 256 g/mol. The van der Waals surface area contributed by atoms with Crippen molar-refractivity contribution in [2.24, 2.45) is 5.92 Å². The lowest BCUT2D eigenvalue weighted by Crippen LogP contribution is -2.63. The summed E-state index contributed by atoms with van der Waals surface area (Å²) in [7, 11) is 0. The first kappa shape index (κ1) is 15.9. The highest BCUT2D eigenvalue weighted by molar-refractivity contribution is 4.94. The molecule has 1 aliphatic heterocycles. The largest absolute Gasteiger partial charge is 0.377 e. The Morgan fingerprint density at radius 2 is 2.00 bits per heavy atom. The van der Waals surface area contributed by atoms with Crippen LogP contribution in [-0.2, 0) is 4.74 Å². The van der Waals surface area contributed by atoms with Crippen molar-refractivity contribution in [2.45, 2.75) is 65.6 Å². The van der Waals surface area contributed by atoms with E-state index in [9.17, 15) is 0 Å². The third-order valence-corrected chi connectivity index (χ3v) is 4.21. The van der Waals surface area contributed by atoms with Crippen molar-refractivity contribution >= 4 is 0 Å². The van der Waals surface area contributed by atoms with Gasteiger partial charge in [0, 0.05) is 31.2 Å². The molecule has 1 heterocycles. The number of nitrogens with zero attached hydrogens (tertiary/aromatic N) is 1. The van der Waals surface area contributed by atoms with Gasteiger partial charge in [0.25, 0.3) is 0 Å². The van der Waals surface area contributed by atoms with Crippen LogP contribution in [0.3, 0.4) is 0 Å². The Morgan fingerprint density at radius 1 is 1.33 bits per heavy atom. The smallest absolute Gasteiger partial charge is 0.0597 e. The minimum Gasteiger partial charge on any atom is -0.377 e. The van der Waals surface area contributed by atoms with Gasteiger partial charge in [-0.05, 0) is 33.6 Å². The van der Waals surface area contributed by atoms with Crippen LogP contribution >= 0.6 is 0 Å². The molecule has 0 aromatic heterocycles. The molecule has 1 fully saturated rings. The molecule has 3 nitrogen and oxygen atoms in total. The molecule has 3 heteroatoms. The molecule has 0 aromatic rings. The van der Waals surface area contributed by atoms with Crippen LogP contribution in [0.4, 0.5) is 0 Å². The molecule has 18 heavy (non-hydrogen) atoms. The zero-order chi connectivity index (χ0) is 13.8. The average molecular weight is 256 g/mol. The van der Waals surface area contributed by atoms with E-state index in [1.54, 1.807) is 0 Å². The first-order chi connectivity index (χ1) is 8.36. The fourth-order valence-corrected chi connectivity index (χ4v) is 2.50. The van der Waals surface area contributed by atoms with Gasteiger partial charge >= 0.3 is 0 Å². The number of hydrogen-bond donors (Lipinski definition) is 1. The van der Waals surface area contributed by atoms with Crippen molar-refractivity contribution in [3.63, 3.8) is 0 Å². The van der Waals surface area contributed by atoms with E-state index in [1.807, 2.05) is 0 Å². The van der Waals surface area contributed by atoms with Crippen LogP contribution in [0.5, 0.6) is 0 Å². The molecule has 0 spiro atoms. The predicted octanol–water partition coefficient (Wildman–Crippen LogP) is 2.51. The molecule has 0 bridgehead atoms. The van der Waals surface area contributed by atoms with Gasteiger partial charge in [0.05, 0.1) is 12.7 Å². The lowest BCUT2D eigenvalue weighted by molar-refractivity contribution is 0.00490. The lowest BCUT2D eigenvalue weighted by atomic mass is 9.91. The van der Waals surface area contributed by atoms with Crippen molar-refractivity contribution in [3.8, 4) is 0 Å². The molecule has 0 amide bonds. The van der Waals surface area contributed by atoms with Crippen molar-refractivity contribution in [1.82, 2.24) is 10.2 Å². The van der Waals surface area contributed by atoms with E-state index < -0.39 is 0 Å². The second kappa shape index (κ2) is 6.88. The molecule has 0 aromatic carbocycles. The third-order valence-electron chi connectivity index (χ3n) is 4.21. The molecule has 0 saturated carbocycles. The van der Waals surface area contributed by atoms with Gasteiger partial charge in [-0.2, -0.15) is 0 Å². The van der Waals surface area contributed by atoms with Gasteiger partial charge in [-0.15, -0.1) is 0 Å². The Balaban J connectivity index is 2.49. The molecule has 1 N–H and O–H groups in total. The summed E-state index contributed by atoms with van der Waals surface area (Å²) in [6.45, 7) is 17.6. The maximum atomic E-state index is 5.70. The Labute approximate surface area is 113 Å². The summed E-state index contributed by atoms with van der Waals surface area (Å²) in [5, 5.41) is 3.71. The number of piperazine rings is 1. The van der Waals surface area contributed by atoms with E-state index in [1.165, 1.54) is 6.42 Å². The van der Waals surface area contributed by atoms with Gasteiger partial charge in [-0.1, -0.05) is 20.3 Å². The van der Waals surface area contributed by atoms with Crippen molar-refractivity contribution in [2.75, 3.05) is 26.2 Å². The van der Waals surface area contributed by atoms with Crippen molar-refractivity contribution in [3.05, 3.63) is 0 Å². The minimum atomic E-state index is 0.240. The Morgan fingerprint density at radius 3 is 2.56 bits per heavy atom. The topological polar surface area (TPSA) is 24.5 Å².